The van der Waals surface area contributed by atoms with Crippen LogP contribution in [-0.4, -0.2) is 89.7 Å². The van der Waals surface area contributed by atoms with E-state index in [0.717, 1.165) is 12.1 Å². The molecule has 2 aliphatic heterocycles. The smallest absolute Gasteiger partial charge is 0.246 e. The van der Waals surface area contributed by atoms with E-state index >= 15 is 0 Å². The topological polar surface area (TPSA) is 116 Å². The molecule has 1 N–H and O–H groups in total. The monoisotopic (exact) mass is 554 g/mol. The number of sulfonamides is 2. The van der Waals surface area contributed by atoms with E-state index < -0.39 is 31.8 Å². The highest BCUT2D eigenvalue weighted by molar-refractivity contribution is 7.89. The first-order chi connectivity index (χ1) is 17.5. The van der Waals surface area contributed by atoms with Crippen molar-refractivity contribution in [2.75, 3.05) is 58.7 Å². The quantitative estimate of drug-likeness (QED) is 0.555. The van der Waals surface area contributed by atoms with Crippen LogP contribution in [-0.2, 0) is 24.8 Å². The summed E-state index contributed by atoms with van der Waals surface area (Å²) in [4.78, 5) is 14.9. The Morgan fingerprint density at radius 1 is 0.946 bits per heavy atom. The first kappa shape index (κ1) is 27.5. The van der Waals surface area contributed by atoms with Crippen LogP contribution in [0.15, 0.2) is 52.3 Å². The zero-order chi connectivity index (χ0) is 26.8. The summed E-state index contributed by atoms with van der Waals surface area (Å²) in [7, 11) is -4.46. The summed E-state index contributed by atoms with van der Waals surface area (Å²) in [5.74, 6) is -1.68. The Kier molecular flexibility index (Phi) is 8.19. The lowest BCUT2D eigenvalue weighted by molar-refractivity contribution is -0.120. The van der Waals surface area contributed by atoms with Crippen molar-refractivity contribution in [1.29, 1.82) is 0 Å². The number of benzene rings is 2. The number of carbonyl (C=O) groups is 1. The minimum atomic E-state index is -4.09. The predicted octanol–water partition coefficient (Wildman–Crippen LogP) is 1.81. The second kappa shape index (κ2) is 11.0. The number of hydrogen-bond acceptors (Lipinski definition) is 7. The summed E-state index contributed by atoms with van der Waals surface area (Å²) in [5, 5.41) is 2.76. The maximum absolute atomic E-state index is 13.8. The van der Waals surface area contributed by atoms with Gasteiger partial charge in [0.15, 0.2) is 0 Å². The molecular formula is C24H31FN4O6S2. The van der Waals surface area contributed by atoms with Crippen LogP contribution in [0.1, 0.15) is 12.8 Å². The first-order valence-corrected chi connectivity index (χ1v) is 14.8. The number of rotatable bonds is 7. The summed E-state index contributed by atoms with van der Waals surface area (Å²) in [6.07, 6.45) is 0.936. The minimum absolute atomic E-state index is 0.0274. The van der Waals surface area contributed by atoms with Gasteiger partial charge in [-0.25, -0.2) is 21.2 Å². The molecule has 10 nitrogen and oxygen atoms in total. The Labute approximate surface area is 217 Å². The van der Waals surface area contributed by atoms with Gasteiger partial charge >= 0.3 is 0 Å². The highest BCUT2D eigenvalue weighted by Crippen LogP contribution is 2.31. The molecule has 2 fully saturated rings. The van der Waals surface area contributed by atoms with Crippen molar-refractivity contribution in [3.8, 4) is 5.75 Å². The van der Waals surface area contributed by atoms with E-state index in [0.29, 0.717) is 44.7 Å². The third-order valence-corrected chi connectivity index (χ3v) is 10.5. The molecule has 0 unspecified atom stereocenters. The van der Waals surface area contributed by atoms with E-state index in [1.165, 1.54) is 46.1 Å². The molecule has 202 valence electrons. The fourth-order valence-electron chi connectivity index (χ4n) is 4.50. The third kappa shape index (κ3) is 5.96. The van der Waals surface area contributed by atoms with Gasteiger partial charge in [-0.05, 0) is 62.4 Å². The largest absolute Gasteiger partial charge is 0.495 e. The molecule has 2 aromatic carbocycles. The Morgan fingerprint density at radius 3 is 2.27 bits per heavy atom. The van der Waals surface area contributed by atoms with Gasteiger partial charge in [-0.2, -0.15) is 8.61 Å². The molecule has 37 heavy (non-hydrogen) atoms. The number of carbonyl (C=O) groups excluding carboxylic acids is 1. The van der Waals surface area contributed by atoms with Gasteiger partial charge in [0.1, 0.15) is 16.5 Å². The fraction of sp³-hybridized carbons (Fsp3) is 0.458. The highest BCUT2D eigenvalue weighted by Gasteiger charge is 2.35. The number of methoxy groups -OCH3 is 1. The number of nitrogens with zero attached hydrogens (tertiary/aromatic N) is 3. The summed E-state index contributed by atoms with van der Waals surface area (Å²) in [6.45, 7) is 2.29. The maximum atomic E-state index is 13.8. The van der Waals surface area contributed by atoms with E-state index in [1.54, 1.807) is 0 Å². The predicted molar refractivity (Wildman–Crippen MR) is 136 cm³/mol. The number of anilines is 1. The van der Waals surface area contributed by atoms with Gasteiger partial charge in [0.2, 0.25) is 26.0 Å². The standard InChI is InChI=1S/C24H31FN4O6S2/c1-27-12-14-28(15-13-27)36(31,32)21-8-6-20(7-9-21)26-24(30)18-4-3-11-29(17-18)37(33,34)23-16-19(25)5-10-22(23)35-2/h5-10,16,18H,3-4,11-15,17H2,1-2H3,(H,26,30)/t18-/m0/s1. The first-order valence-electron chi connectivity index (χ1n) is 12.0. The molecule has 4 rings (SSSR count). The zero-order valence-corrected chi connectivity index (χ0v) is 22.4. The van der Waals surface area contributed by atoms with Crippen LogP contribution in [0, 0.1) is 11.7 Å². The highest BCUT2D eigenvalue weighted by atomic mass is 32.2. The van der Waals surface area contributed by atoms with Crippen LogP contribution in [0.5, 0.6) is 5.75 Å². The van der Waals surface area contributed by atoms with E-state index in [4.69, 9.17) is 4.74 Å². The molecule has 13 heteroatoms. The van der Waals surface area contributed by atoms with Crippen LogP contribution in [0.4, 0.5) is 10.1 Å². The number of piperidine rings is 1. The van der Waals surface area contributed by atoms with Crippen molar-refractivity contribution in [1.82, 2.24) is 13.5 Å². The summed E-state index contributed by atoms with van der Waals surface area (Å²) in [5.41, 5.74) is 0.411. The molecule has 2 heterocycles. The van der Waals surface area contributed by atoms with Gasteiger partial charge in [-0.3, -0.25) is 4.79 Å². The number of nitrogens with one attached hydrogen (secondary N) is 1. The Hall–Kier alpha value is -2.58. The normalized spacial score (nSPS) is 20.5. The molecule has 2 aromatic rings. The van der Waals surface area contributed by atoms with Crippen LogP contribution >= 0.6 is 0 Å². The van der Waals surface area contributed by atoms with Crippen molar-refractivity contribution in [3.05, 3.63) is 48.3 Å². The van der Waals surface area contributed by atoms with Crippen LogP contribution in [0.3, 0.4) is 0 Å². The van der Waals surface area contributed by atoms with E-state index in [-0.39, 0.29) is 34.5 Å². The van der Waals surface area contributed by atoms with E-state index in [1.807, 2.05) is 7.05 Å². The minimum Gasteiger partial charge on any atom is -0.495 e. The van der Waals surface area contributed by atoms with Crippen LogP contribution in [0.25, 0.3) is 0 Å². The fourth-order valence-corrected chi connectivity index (χ4v) is 7.61. The molecule has 2 aliphatic rings. The van der Waals surface area contributed by atoms with Gasteiger partial charge < -0.3 is 15.0 Å². The van der Waals surface area contributed by atoms with Crippen molar-refractivity contribution in [2.45, 2.75) is 22.6 Å². The number of piperazine rings is 1. The molecule has 1 amide bonds. The van der Waals surface area contributed by atoms with Crippen molar-refractivity contribution in [2.24, 2.45) is 5.92 Å². The second-order valence-electron chi connectivity index (χ2n) is 9.22. The Morgan fingerprint density at radius 2 is 1.62 bits per heavy atom. The number of amides is 1. The molecule has 0 bridgehead atoms. The van der Waals surface area contributed by atoms with E-state index in [2.05, 4.69) is 10.2 Å². The number of hydrogen-bond donors (Lipinski definition) is 1. The van der Waals surface area contributed by atoms with Gasteiger partial charge in [-0.1, -0.05) is 0 Å². The van der Waals surface area contributed by atoms with Crippen LogP contribution in [0.2, 0.25) is 0 Å². The lowest BCUT2D eigenvalue weighted by Crippen LogP contribution is -2.47. The third-order valence-electron chi connectivity index (χ3n) is 6.72. The lowest BCUT2D eigenvalue weighted by Gasteiger charge is -2.32. The summed E-state index contributed by atoms with van der Waals surface area (Å²) in [6, 6.07) is 9.24. The average molecular weight is 555 g/mol. The summed E-state index contributed by atoms with van der Waals surface area (Å²) >= 11 is 0. The van der Waals surface area contributed by atoms with Gasteiger partial charge in [0.05, 0.1) is 17.9 Å². The zero-order valence-electron chi connectivity index (χ0n) is 20.8. The Bertz CT molecular complexity index is 1340. The summed E-state index contributed by atoms with van der Waals surface area (Å²) < 4.78 is 73.8. The van der Waals surface area contributed by atoms with Crippen LogP contribution < -0.4 is 10.1 Å². The van der Waals surface area contributed by atoms with Gasteiger partial charge in [-0.15, -0.1) is 0 Å². The van der Waals surface area contributed by atoms with Crippen molar-refractivity contribution < 1.29 is 30.8 Å². The molecule has 1 atom stereocenters. The lowest BCUT2D eigenvalue weighted by atomic mass is 9.99. The molecule has 2 saturated heterocycles. The molecule has 0 aliphatic carbocycles. The molecule has 0 saturated carbocycles. The SMILES string of the molecule is COc1ccc(F)cc1S(=O)(=O)N1CCC[C@H](C(=O)Nc2ccc(S(=O)(=O)N3CCN(C)CC3)cc2)C1. The second-order valence-corrected chi connectivity index (χ2v) is 13.1. The Balaban J connectivity index is 1.43. The average Bonchev–Trinajstić information content (AvgIpc) is 2.89. The number of likely N-dealkylation sites (N-methyl/N-ethyl adjacent to an activating group) is 1. The molecular weight excluding hydrogens is 523 g/mol. The van der Waals surface area contributed by atoms with Crippen molar-refractivity contribution in [3.63, 3.8) is 0 Å². The van der Waals surface area contributed by atoms with Gasteiger partial charge in [0.25, 0.3) is 0 Å². The van der Waals surface area contributed by atoms with Crippen molar-refractivity contribution >= 4 is 31.6 Å². The van der Waals surface area contributed by atoms with Gasteiger partial charge in [0, 0.05) is 45.0 Å². The van der Waals surface area contributed by atoms with E-state index in [9.17, 15) is 26.0 Å². The molecule has 0 radical (unpaired) electrons. The molecule has 0 aromatic heterocycles. The number of ether oxygens (including phenoxy) is 1. The number of halogens is 1. The molecule has 0 spiro atoms. The maximum Gasteiger partial charge on any atom is 0.246 e.